The number of likely N-dealkylation sites (tertiary alicyclic amines) is 1. The van der Waals surface area contributed by atoms with Gasteiger partial charge in [-0.15, -0.1) is 0 Å². The minimum Gasteiger partial charge on any atom is -0.391 e. The molecule has 128 valence electrons. The quantitative estimate of drug-likeness (QED) is 0.858. The lowest BCUT2D eigenvalue weighted by atomic mass is 10.0. The van der Waals surface area contributed by atoms with E-state index < -0.39 is 6.10 Å². The molecule has 0 aliphatic carbocycles. The summed E-state index contributed by atoms with van der Waals surface area (Å²) in [4.78, 5) is 26.1. The van der Waals surface area contributed by atoms with Gasteiger partial charge in [0.1, 0.15) is 0 Å². The first-order valence-corrected chi connectivity index (χ1v) is 8.16. The van der Waals surface area contributed by atoms with Crippen molar-refractivity contribution >= 4 is 5.91 Å². The van der Waals surface area contributed by atoms with Crippen LogP contribution in [0.3, 0.4) is 0 Å². The minimum atomic E-state index is -0.582. The Morgan fingerprint density at radius 2 is 2.21 bits per heavy atom. The third kappa shape index (κ3) is 3.26. The highest BCUT2D eigenvalue weighted by molar-refractivity contribution is 5.94. The summed E-state index contributed by atoms with van der Waals surface area (Å²) in [5.74, 6) is -0.261. The van der Waals surface area contributed by atoms with E-state index in [-0.39, 0.29) is 23.9 Å². The SMILES string of the molecule is CCn1ccc(C(=O)N2C[C@@H](Cc3cc(C)[nH]n3)[C@H](O)C2)cc1=O. The zero-order valence-electron chi connectivity index (χ0n) is 13.9. The van der Waals surface area contributed by atoms with Gasteiger partial charge in [0.25, 0.3) is 11.5 Å². The van der Waals surface area contributed by atoms with Gasteiger partial charge in [-0.1, -0.05) is 0 Å². The van der Waals surface area contributed by atoms with Crippen molar-refractivity contribution in [2.24, 2.45) is 5.92 Å². The number of aromatic nitrogens is 3. The molecule has 3 heterocycles. The second-order valence-corrected chi connectivity index (χ2v) is 6.32. The van der Waals surface area contributed by atoms with E-state index >= 15 is 0 Å². The van der Waals surface area contributed by atoms with E-state index in [9.17, 15) is 14.7 Å². The Hall–Kier alpha value is -2.41. The Kier molecular flexibility index (Phi) is 4.53. The third-order valence-electron chi connectivity index (χ3n) is 4.51. The normalized spacial score (nSPS) is 20.5. The first kappa shape index (κ1) is 16.4. The van der Waals surface area contributed by atoms with Gasteiger partial charge < -0.3 is 14.6 Å². The molecular weight excluding hydrogens is 308 g/mol. The van der Waals surface area contributed by atoms with Crippen LogP contribution in [0.4, 0.5) is 0 Å². The first-order valence-electron chi connectivity index (χ1n) is 8.16. The summed E-state index contributed by atoms with van der Waals surface area (Å²) in [6, 6.07) is 4.97. The third-order valence-corrected chi connectivity index (χ3v) is 4.51. The molecule has 0 saturated carbocycles. The van der Waals surface area contributed by atoms with Crippen molar-refractivity contribution in [2.45, 2.75) is 32.9 Å². The zero-order chi connectivity index (χ0) is 17.3. The lowest BCUT2D eigenvalue weighted by molar-refractivity contribution is 0.0764. The van der Waals surface area contributed by atoms with Gasteiger partial charge in [0, 0.05) is 49.1 Å². The van der Waals surface area contributed by atoms with Gasteiger partial charge in [-0.05, 0) is 32.4 Å². The predicted molar refractivity (Wildman–Crippen MR) is 88.8 cm³/mol. The van der Waals surface area contributed by atoms with Crippen molar-refractivity contribution in [3.8, 4) is 0 Å². The Morgan fingerprint density at radius 1 is 1.42 bits per heavy atom. The molecule has 1 amide bonds. The van der Waals surface area contributed by atoms with Gasteiger partial charge in [-0.2, -0.15) is 5.10 Å². The van der Waals surface area contributed by atoms with Crippen LogP contribution in [0.5, 0.6) is 0 Å². The number of H-pyrrole nitrogens is 1. The molecule has 1 fully saturated rings. The van der Waals surface area contributed by atoms with Crippen LogP contribution < -0.4 is 5.56 Å². The number of aromatic amines is 1. The maximum absolute atomic E-state index is 12.6. The molecule has 2 aromatic heterocycles. The number of amides is 1. The zero-order valence-corrected chi connectivity index (χ0v) is 13.9. The van der Waals surface area contributed by atoms with E-state index in [0.717, 1.165) is 11.4 Å². The largest absolute Gasteiger partial charge is 0.391 e. The Bertz CT molecular complexity index is 795. The fraction of sp³-hybridized carbons (Fsp3) is 0.471. The number of aryl methyl sites for hydroxylation is 2. The summed E-state index contributed by atoms with van der Waals surface area (Å²) in [7, 11) is 0. The number of aliphatic hydroxyl groups is 1. The molecule has 2 atom stereocenters. The summed E-state index contributed by atoms with van der Waals surface area (Å²) in [6.07, 6.45) is 1.67. The number of carbonyl (C=O) groups is 1. The molecule has 0 unspecified atom stereocenters. The molecule has 0 radical (unpaired) electrons. The number of rotatable bonds is 4. The van der Waals surface area contributed by atoms with E-state index in [1.165, 1.54) is 10.6 Å². The van der Waals surface area contributed by atoms with E-state index in [0.29, 0.717) is 25.1 Å². The van der Waals surface area contributed by atoms with Crippen LogP contribution >= 0.6 is 0 Å². The smallest absolute Gasteiger partial charge is 0.254 e. The lowest BCUT2D eigenvalue weighted by Gasteiger charge is -2.16. The van der Waals surface area contributed by atoms with Gasteiger partial charge in [0.2, 0.25) is 0 Å². The van der Waals surface area contributed by atoms with Crippen molar-refractivity contribution < 1.29 is 9.90 Å². The molecule has 1 aliphatic rings. The second kappa shape index (κ2) is 6.60. The number of carbonyl (C=O) groups excluding carboxylic acids is 1. The molecule has 1 saturated heterocycles. The Labute approximate surface area is 139 Å². The second-order valence-electron chi connectivity index (χ2n) is 6.32. The van der Waals surface area contributed by atoms with E-state index in [2.05, 4.69) is 10.2 Å². The molecule has 7 heteroatoms. The molecule has 1 aliphatic heterocycles. The number of nitrogens with zero attached hydrogens (tertiary/aromatic N) is 3. The van der Waals surface area contributed by atoms with Crippen LogP contribution in [0, 0.1) is 12.8 Å². The number of hydrogen-bond donors (Lipinski definition) is 2. The van der Waals surface area contributed by atoms with Crippen molar-refractivity contribution in [3.05, 3.63) is 51.7 Å². The fourth-order valence-electron chi connectivity index (χ4n) is 3.15. The van der Waals surface area contributed by atoms with E-state index in [1.807, 2.05) is 19.9 Å². The van der Waals surface area contributed by atoms with Crippen LogP contribution in [0.2, 0.25) is 0 Å². The molecule has 0 aromatic carbocycles. The monoisotopic (exact) mass is 330 g/mol. The average molecular weight is 330 g/mol. The highest BCUT2D eigenvalue weighted by atomic mass is 16.3. The summed E-state index contributed by atoms with van der Waals surface area (Å²) >= 11 is 0. The molecule has 24 heavy (non-hydrogen) atoms. The van der Waals surface area contributed by atoms with Crippen LogP contribution in [0.1, 0.15) is 28.7 Å². The number of pyridine rings is 1. The molecule has 2 aromatic rings. The van der Waals surface area contributed by atoms with Crippen molar-refractivity contribution in [1.82, 2.24) is 19.7 Å². The summed E-state index contributed by atoms with van der Waals surface area (Å²) in [6.45, 7) is 5.12. The number of nitrogens with one attached hydrogen (secondary N) is 1. The van der Waals surface area contributed by atoms with Crippen molar-refractivity contribution in [1.29, 1.82) is 0 Å². The number of β-amino-alcohol motifs (C(OH)–C–C–N with tert-alkyl or cyclic N) is 1. The molecule has 0 spiro atoms. The van der Waals surface area contributed by atoms with Crippen LogP contribution in [0.25, 0.3) is 0 Å². The lowest BCUT2D eigenvalue weighted by Crippen LogP contribution is -2.31. The Morgan fingerprint density at radius 3 is 2.83 bits per heavy atom. The summed E-state index contributed by atoms with van der Waals surface area (Å²) in [5.41, 5.74) is 2.04. The Balaban J connectivity index is 1.70. The highest BCUT2D eigenvalue weighted by Crippen LogP contribution is 2.22. The van der Waals surface area contributed by atoms with Crippen molar-refractivity contribution in [2.75, 3.05) is 13.1 Å². The molecule has 7 nitrogen and oxygen atoms in total. The molecule has 0 bridgehead atoms. The number of hydrogen-bond acceptors (Lipinski definition) is 4. The fourth-order valence-corrected chi connectivity index (χ4v) is 3.15. The number of aliphatic hydroxyl groups excluding tert-OH is 1. The van der Waals surface area contributed by atoms with Crippen LogP contribution in [0.15, 0.2) is 29.2 Å². The summed E-state index contributed by atoms with van der Waals surface area (Å²) in [5, 5.41) is 17.3. The molecule has 3 rings (SSSR count). The van der Waals surface area contributed by atoms with Crippen LogP contribution in [-0.2, 0) is 13.0 Å². The van der Waals surface area contributed by atoms with Gasteiger partial charge in [0.05, 0.1) is 11.8 Å². The minimum absolute atomic E-state index is 0.0485. The van der Waals surface area contributed by atoms with Gasteiger partial charge in [0.15, 0.2) is 0 Å². The molecule has 2 N–H and O–H groups in total. The van der Waals surface area contributed by atoms with Gasteiger partial charge in [-0.25, -0.2) is 0 Å². The predicted octanol–water partition coefficient (Wildman–Crippen LogP) is 0.575. The maximum atomic E-state index is 12.6. The van der Waals surface area contributed by atoms with Gasteiger partial charge in [-0.3, -0.25) is 14.7 Å². The van der Waals surface area contributed by atoms with Gasteiger partial charge >= 0.3 is 0 Å². The average Bonchev–Trinajstić information content (AvgIpc) is 3.13. The van der Waals surface area contributed by atoms with Crippen molar-refractivity contribution in [3.63, 3.8) is 0 Å². The summed E-state index contributed by atoms with van der Waals surface area (Å²) < 4.78 is 1.54. The van der Waals surface area contributed by atoms with Crippen LogP contribution in [-0.4, -0.2) is 49.9 Å². The standard InChI is InChI=1S/C17H22N4O3/c1-3-20-5-4-12(8-16(20)23)17(24)21-9-13(15(22)10-21)7-14-6-11(2)18-19-14/h4-6,8,13,15,22H,3,7,9-10H2,1-2H3,(H,18,19)/t13-,15-/m1/s1. The van der Waals surface area contributed by atoms with E-state index in [1.54, 1.807) is 17.2 Å². The molecular formula is C17H22N4O3. The first-order chi connectivity index (χ1) is 11.5. The maximum Gasteiger partial charge on any atom is 0.254 e. The topological polar surface area (TPSA) is 91.2 Å². The highest BCUT2D eigenvalue weighted by Gasteiger charge is 2.34. The van der Waals surface area contributed by atoms with E-state index in [4.69, 9.17) is 0 Å².